The van der Waals surface area contributed by atoms with Gasteiger partial charge in [-0.25, -0.2) is 8.42 Å². The van der Waals surface area contributed by atoms with Crippen LogP contribution in [0.15, 0.2) is 48.5 Å². The largest absolute Gasteiger partial charge is 0.398 e. The van der Waals surface area contributed by atoms with Gasteiger partial charge in [-0.1, -0.05) is 43.3 Å². The third-order valence-electron chi connectivity index (χ3n) is 3.30. The summed E-state index contributed by atoms with van der Waals surface area (Å²) in [5.74, 6) is 0.0481. The number of hydrogen-bond acceptors (Lipinski definition) is 3. The highest BCUT2D eigenvalue weighted by atomic mass is 32.2. The van der Waals surface area contributed by atoms with Crippen LogP contribution in [0.5, 0.6) is 0 Å². The van der Waals surface area contributed by atoms with Crippen molar-refractivity contribution in [3.63, 3.8) is 0 Å². The van der Waals surface area contributed by atoms with Gasteiger partial charge in [0.2, 0.25) is 10.0 Å². The number of benzene rings is 2. The van der Waals surface area contributed by atoms with Crippen molar-refractivity contribution in [1.82, 2.24) is 0 Å². The van der Waals surface area contributed by atoms with Crippen LogP contribution >= 0.6 is 0 Å². The Kier molecular flexibility index (Phi) is 4.85. The van der Waals surface area contributed by atoms with Crippen LogP contribution in [-0.4, -0.2) is 14.2 Å². The van der Waals surface area contributed by atoms with E-state index in [1.807, 2.05) is 43.3 Å². The average molecular weight is 304 g/mol. The first-order chi connectivity index (χ1) is 10.00. The summed E-state index contributed by atoms with van der Waals surface area (Å²) < 4.78 is 26.7. The predicted molar refractivity (Wildman–Crippen MR) is 87.8 cm³/mol. The van der Waals surface area contributed by atoms with Gasteiger partial charge >= 0.3 is 0 Å². The molecule has 0 heterocycles. The molecule has 0 atom stereocenters. The van der Waals surface area contributed by atoms with Crippen LogP contribution < -0.4 is 10.5 Å². The Labute approximate surface area is 126 Å². The Morgan fingerprint density at radius 1 is 1.10 bits per heavy atom. The van der Waals surface area contributed by atoms with E-state index in [0.29, 0.717) is 17.8 Å². The molecule has 2 aromatic carbocycles. The molecule has 0 aromatic heterocycles. The third-order valence-corrected chi connectivity index (χ3v) is 4.59. The van der Waals surface area contributed by atoms with Crippen molar-refractivity contribution in [2.24, 2.45) is 0 Å². The van der Waals surface area contributed by atoms with E-state index < -0.39 is 10.0 Å². The van der Waals surface area contributed by atoms with Crippen molar-refractivity contribution in [3.8, 4) is 0 Å². The summed E-state index contributed by atoms with van der Waals surface area (Å²) in [7, 11) is -3.37. The molecule has 0 saturated heterocycles. The SMILES string of the molecule is CCc1ccc(NS(=O)(=O)CCc2ccccc2)cc1N. The van der Waals surface area contributed by atoms with Crippen molar-refractivity contribution < 1.29 is 8.42 Å². The number of hydrogen-bond donors (Lipinski definition) is 2. The molecule has 0 aliphatic heterocycles. The summed E-state index contributed by atoms with van der Waals surface area (Å²) in [6.45, 7) is 2.01. The molecule has 0 bridgehead atoms. The highest BCUT2D eigenvalue weighted by Crippen LogP contribution is 2.19. The molecule has 21 heavy (non-hydrogen) atoms. The third kappa shape index (κ3) is 4.49. The van der Waals surface area contributed by atoms with Crippen molar-refractivity contribution in [3.05, 3.63) is 59.7 Å². The number of rotatable bonds is 6. The fourth-order valence-electron chi connectivity index (χ4n) is 2.11. The smallest absolute Gasteiger partial charge is 0.233 e. The van der Waals surface area contributed by atoms with Crippen LogP contribution in [0.1, 0.15) is 18.1 Å². The maximum atomic E-state index is 12.1. The van der Waals surface area contributed by atoms with Gasteiger partial charge in [0.15, 0.2) is 0 Å². The number of anilines is 2. The summed E-state index contributed by atoms with van der Waals surface area (Å²) in [6, 6.07) is 14.8. The first-order valence-electron chi connectivity index (χ1n) is 6.93. The lowest BCUT2D eigenvalue weighted by molar-refractivity contribution is 0.600. The van der Waals surface area contributed by atoms with Gasteiger partial charge in [-0.15, -0.1) is 0 Å². The van der Waals surface area contributed by atoms with E-state index in [0.717, 1.165) is 17.5 Å². The Hall–Kier alpha value is -2.01. The molecule has 0 radical (unpaired) electrons. The normalized spacial score (nSPS) is 11.3. The molecule has 0 fully saturated rings. The van der Waals surface area contributed by atoms with E-state index in [1.54, 1.807) is 12.1 Å². The van der Waals surface area contributed by atoms with Gasteiger partial charge in [0.25, 0.3) is 0 Å². The molecule has 0 unspecified atom stereocenters. The minimum atomic E-state index is -3.37. The average Bonchev–Trinajstić information content (AvgIpc) is 2.46. The molecule has 0 saturated carbocycles. The quantitative estimate of drug-likeness (QED) is 0.806. The van der Waals surface area contributed by atoms with E-state index in [9.17, 15) is 8.42 Å². The summed E-state index contributed by atoms with van der Waals surface area (Å²) in [4.78, 5) is 0. The van der Waals surface area contributed by atoms with E-state index in [4.69, 9.17) is 5.73 Å². The minimum Gasteiger partial charge on any atom is -0.398 e. The second-order valence-electron chi connectivity index (χ2n) is 4.92. The molecule has 2 aromatic rings. The molecule has 4 nitrogen and oxygen atoms in total. The van der Waals surface area contributed by atoms with E-state index in [1.165, 1.54) is 0 Å². The zero-order valence-corrected chi connectivity index (χ0v) is 12.9. The summed E-state index contributed by atoms with van der Waals surface area (Å²) in [6.07, 6.45) is 1.31. The van der Waals surface area contributed by atoms with Crippen LogP contribution in [0.4, 0.5) is 11.4 Å². The number of aryl methyl sites for hydroxylation is 2. The van der Waals surface area contributed by atoms with Gasteiger partial charge in [-0.05, 0) is 36.1 Å². The fraction of sp³-hybridized carbons (Fsp3) is 0.250. The highest BCUT2D eigenvalue weighted by molar-refractivity contribution is 7.92. The van der Waals surface area contributed by atoms with Crippen LogP contribution in [0.2, 0.25) is 0 Å². The number of nitrogens with one attached hydrogen (secondary N) is 1. The predicted octanol–water partition coefficient (Wildman–Crippen LogP) is 2.82. The van der Waals surface area contributed by atoms with Crippen LogP contribution in [0.3, 0.4) is 0 Å². The second-order valence-corrected chi connectivity index (χ2v) is 6.77. The molecule has 0 aliphatic rings. The van der Waals surface area contributed by atoms with Crippen molar-refractivity contribution in [2.75, 3.05) is 16.2 Å². The standard InChI is InChI=1S/C16H20N2O2S/c1-2-14-8-9-15(12-16(14)17)18-21(19,20)11-10-13-6-4-3-5-7-13/h3-9,12,18H,2,10-11,17H2,1H3. The lowest BCUT2D eigenvalue weighted by Crippen LogP contribution is -2.18. The summed E-state index contributed by atoms with van der Waals surface area (Å²) in [5.41, 5.74) is 9.02. The first-order valence-corrected chi connectivity index (χ1v) is 8.58. The first kappa shape index (κ1) is 15.4. The summed E-state index contributed by atoms with van der Waals surface area (Å²) >= 11 is 0. The summed E-state index contributed by atoms with van der Waals surface area (Å²) in [5, 5.41) is 0. The van der Waals surface area contributed by atoms with Gasteiger partial charge in [-0.2, -0.15) is 0 Å². The molecule has 0 aliphatic carbocycles. The number of nitrogen functional groups attached to an aromatic ring is 1. The molecule has 5 heteroatoms. The van der Waals surface area contributed by atoms with Crippen LogP contribution in [-0.2, 0) is 22.9 Å². The van der Waals surface area contributed by atoms with Gasteiger partial charge in [-0.3, -0.25) is 4.72 Å². The maximum absolute atomic E-state index is 12.1. The number of sulfonamides is 1. The molecular formula is C16H20N2O2S. The Balaban J connectivity index is 2.02. The second kappa shape index (κ2) is 6.63. The molecule has 2 rings (SSSR count). The van der Waals surface area contributed by atoms with Gasteiger partial charge < -0.3 is 5.73 Å². The zero-order chi connectivity index (χ0) is 15.3. The fourth-order valence-corrected chi connectivity index (χ4v) is 3.20. The molecule has 3 N–H and O–H groups in total. The Morgan fingerprint density at radius 2 is 1.81 bits per heavy atom. The highest BCUT2D eigenvalue weighted by Gasteiger charge is 2.11. The molecule has 112 valence electrons. The Morgan fingerprint density at radius 3 is 2.43 bits per heavy atom. The zero-order valence-electron chi connectivity index (χ0n) is 12.0. The van der Waals surface area contributed by atoms with Gasteiger partial charge in [0, 0.05) is 5.69 Å². The maximum Gasteiger partial charge on any atom is 0.233 e. The Bertz CT molecular complexity index is 697. The van der Waals surface area contributed by atoms with Crippen molar-refractivity contribution in [2.45, 2.75) is 19.8 Å². The molecular weight excluding hydrogens is 284 g/mol. The van der Waals surface area contributed by atoms with Gasteiger partial charge in [0.05, 0.1) is 11.4 Å². The van der Waals surface area contributed by atoms with Gasteiger partial charge in [0.1, 0.15) is 0 Å². The van der Waals surface area contributed by atoms with Crippen molar-refractivity contribution in [1.29, 1.82) is 0 Å². The molecule has 0 spiro atoms. The van der Waals surface area contributed by atoms with Crippen molar-refractivity contribution >= 4 is 21.4 Å². The number of nitrogens with two attached hydrogens (primary N) is 1. The molecule has 0 amide bonds. The topological polar surface area (TPSA) is 72.2 Å². The van der Waals surface area contributed by atoms with E-state index in [-0.39, 0.29) is 5.75 Å². The van der Waals surface area contributed by atoms with Crippen LogP contribution in [0, 0.1) is 0 Å². The van der Waals surface area contributed by atoms with Crippen LogP contribution in [0.25, 0.3) is 0 Å². The lowest BCUT2D eigenvalue weighted by Gasteiger charge is -2.10. The monoisotopic (exact) mass is 304 g/mol. The minimum absolute atomic E-state index is 0.0481. The van der Waals surface area contributed by atoms with E-state index in [2.05, 4.69) is 4.72 Å². The lowest BCUT2D eigenvalue weighted by atomic mass is 10.1. The van der Waals surface area contributed by atoms with E-state index >= 15 is 0 Å².